The third-order valence-electron chi connectivity index (χ3n) is 2.00. The number of hydrogen-bond donors (Lipinski definition) is 1. The van der Waals surface area contributed by atoms with Gasteiger partial charge >= 0.3 is 0 Å². The lowest BCUT2D eigenvalue weighted by Crippen LogP contribution is -1.99. The third kappa shape index (κ3) is 1.59. The summed E-state index contributed by atoms with van der Waals surface area (Å²) in [5.41, 5.74) is 7.46. The van der Waals surface area contributed by atoms with E-state index < -0.39 is 0 Å². The predicted octanol–water partition coefficient (Wildman–Crippen LogP) is 1.76. The summed E-state index contributed by atoms with van der Waals surface area (Å²) in [7, 11) is 0. The van der Waals surface area contributed by atoms with Crippen molar-refractivity contribution in [1.82, 2.24) is 15.0 Å². The lowest BCUT2D eigenvalue weighted by atomic mass is 10.3. The normalized spacial score (nSPS) is 10.4. The van der Waals surface area contributed by atoms with Crippen molar-refractivity contribution < 1.29 is 0 Å². The smallest absolute Gasteiger partial charge is 0.169 e. The maximum Gasteiger partial charge on any atom is 0.169 e. The Hall–Kier alpha value is -1.11. The topological polar surface area (TPSA) is 56.7 Å². The number of halogens is 1. The number of hydrogen-bond acceptors (Lipinski definition) is 3. The molecule has 0 saturated heterocycles. The number of nitrogens with zero attached hydrogens (tertiary/aromatic N) is 3. The molecule has 5 heteroatoms. The quantitative estimate of drug-likeness (QED) is 0.817. The number of anilines is 1. The van der Waals surface area contributed by atoms with Crippen LogP contribution in [0.3, 0.4) is 0 Å². The van der Waals surface area contributed by atoms with Crippen LogP contribution in [0, 0.1) is 10.5 Å². The first-order valence-electron chi connectivity index (χ1n) is 4.12. The Kier molecular flexibility index (Phi) is 2.40. The Labute approximate surface area is 95.3 Å². The van der Waals surface area contributed by atoms with E-state index >= 15 is 0 Å². The van der Waals surface area contributed by atoms with Gasteiger partial charge < -0.3 is 5.73 Å². The molecule has 1 aromatic carbocycles. The molecule has 1 aromatic heterocycles. The van der Waals surface area contributed by atoms with Crippen molar-refractivity contribution in [2.45, 2.75) is 6.92 Å². The Morgan fingerprint density at radius 2 is 1.93 bits per heavy atom. The number of nitrogens with two attached hydrogens (primary N) is 1. The Balaban J connectivity index is 2.49. The second-order valence-electron chi connectivity index (χ2n) is 2.95. The fourth-order valence-electron chi connectivity index (χ4n) is 1.17. The molecule has 0 unspecified atom stereocenters. The van der Waals surface area contributed by atoms with Gasteiger partial charge in [0.1, 0.15) is 0 Å². The van der Waals surface area contributed by atoms with Crippen molar-refractivity contribution in [2.75, 3.05) is 5.73 Å². The summed E-state index contributed by atoms with van der Waals surface area (Å²) < 4.78 is 2.92. The number of nitrogen functional groups attached to an aromatic ring is 1. The zero-order chi connectivity index (χ0) is 10.1. The van der Waals surface area contributed by atoms with Crippen molar-refractivity contribution in [3.8, 4) is 5.69 Å². The third-order valence-corrected chi connectivity index (χ3v) is 2.72. The molecular formula is C9H9IN4. The molecule has 4 nitrogen and oxygen atoms in total. The standard InChI is InChI=1S/C9H9IN4/c1-6-9(11)12-13-14(6)8-4-2-7(10)3-5-8/h2-5H,11H2,1H3. The van der Waals surface area contributed by atoms with Gasteiger partial charge in [-0.3, -0.25) is 0 Å². The van der Waals surface area contributed by atoms with Crippen molar-refractivity contribution in [2.24, 2.45) is 0 Å². The van der Waals surface area contributed by atoms with Gasteiger partial charge in [-0.15, -0.1) is 5.10 Å². The maximum absolute atomic E-state index is 5.61. The van der Waals surface area contributed by atoms with E-state index in [0.717, 1.165) is 11.4 Å². The van der Waals surface area contributed by atoms with Gasteiger partial charge in [0, 0.05) is 3.57 Å². The highest BCUT2D eigenvalue weighted by Crippen LogP contribution is 2.14. The first-order valence-corrected chi connectivity index (χ1v) is 5.20. The lowest BCUT2D eigenvalue weighted by Gasteiger charge is -2.02. The van der Waals surface area contributed by atoms with E-state index in [1.54, 1.807) is 4.68 Å². The van der Waals surface area contributed by atoms with Crippen LogP contribution in [0.1, 0.15) is 5.69 Å². The minimum atomic E-state index is 0.476. The summed E-state index contributed by atoms with van der Waals surface area (Å²) in [5, 5.41) is 7.76. The largest absolute Gasteiger partial charge is 0.381 e. The Bertz CT molecular complexity index is 446. The average molecular weight is 300 g/mol. The highest BCUT2D eigenvalue weighted by molar-refractivity contribution is 14.1. The van der Waals surface area contributed by atoms with Gasteiger partial charge in [0.15, 0.2) is 5.82 Å². The van der Waals surface area contributed by atoms with E-state index in [-0.39, 0.29) is 0 Å². The second kappa shape index (κ2) is 3.56. The van der Waals surface area contributed by atoms with Crippen molar-refractivity contribution in [3.63, 3.8) is 0 Å². The van der Waals surface area contributed by atoms with Crippen molar-refractivity contribution in [3.05, 3.63) is 33.5 Å². The van der Waals surface area contributed by atoms with Gasteiger partial charge in [-0.2, -0.15) is 0 Å². The molecular weight excluding hydrogens is 291 g/mol. The highest BCUT2D eigenvalue weighted by Gasteiger charge is 2.05. The van der Waals surface area contributed by atoms with E-state index in [2.05, 4.69) is 32.9 Å². The predicted molar refractivity (Wildman–Crippen MR) is 63.2 cm³/mol. The molecule has 72 valence electrons. The lowest BCUT2D eigenvalue weighted by molar-refractivity contribution is 0.785. The van der Waals surface area contributed by atoms with Gasteiger partial charge in [0.2, 0.25) is 0 Å². The van der Waals surface area contributed by atoms with Gasteiger partial charge in [0.05, 0.1) is 11.4 Å². The zero-order valence-electron chi connectivity index (χ0n) is 7.61. The summed E-state index contributed by atoms with van der Waals surface area (Å²) in [6, 6.07) is 8.02. The SMILES string of the molecule is Cc1c(N)nnn1-c1ccc(I)cc1. The monoisotopic (exact) mass is 300 g/mol. The van der Waals surface area contributed by atoms with E-state index in [1.807, 2.05) is 31.2 Å². The maximum atomic E-state index is 5.61. The van der Waals surface area contributed by atoms with Gasteiger partial charge in [-0.05, 0) is 53.8 Å². The number of aromatic nitrogens is 3. The molecule has 2 aromatic rings. The van der Waals surface area contributed by atoms with Crippen LogP contribution in [0.5, 0.6) is 0 Å². The van der Waals surface area contributed by atoms with E-state index in [1.165, 1.54) is 3.57 Å². The molecule has 0 aliphatic heterocycles. The van der Waals surface area contributed by atoms with Gasteiger partial charge in [-0.1, -0.05) is 5.21 Å². The summed E-state index contributed by atoms with van der Waals surface area (Å²) in [6.45, 7) is 1.90. The van der Waals surface area contributed by atoms with E-state index in [0.29, 0.717) is 5.82 Å². The first-order chi connectivity index (χ1) is 6.68. The van der Waals surface area contributed by atoms with Gasteiger partial charge in [0.25, 0.3) is 0 Å². The molecule has 2 rings (SSSR count). The van der Waals surface area contributed by atoms with Crippen LogP contribution in [0.25, 0.3) is 5.69 Å². The molecule has 0 radical (unpaired) electrons. The molecule has 14 heavy (non-hydrogen) atoms. The fourth-order valence-corrected chi connectivity index (χ4v) is 1.53. The second-order valence-corrected chi connectivity index (χ2v) is 4.19. The molecule has 0 bridgehead atoms. The van der Waals surface area contributed by atoms with Crippen LogP contribution in [-0.2, 0) is 0 Å². The summed E-state index contributed by atoms with van der Waals surface area (Å²) in [6.07, 6.45) is 0. The van der Waals surface area contributed by atoms with Crippen LogP contribution >= 0.6 is 22.6 Å². The zero-order valence-corrected chi connectivity index (χ0v) is 9.76. The molecule has 0 fully saturated rings. The van der Waals surface area contributed by atoms with Crippen LogP contribution < -0.4 is 5.73 Å². The summed E-state index contributed by atoms with van der Waals surface area (Å²) >= 11 is 2.26. The fraction of sp³-hybridized carbons (Fsp3) is 0.111. The first kappa shape index (κ1) is 9.45. The molecule has 0 aliphatic rings. The van der Waals surface area contributed by atoms with E-state index in [9.17, 15) is 0 Å². The summed E-state index contributed by atoms with van der Waals surface area (Å²) in [5.74, 6) is 0.476. The minimum absolute atomic E-state index is 0.476. The van der Waals surface area contributed by atoms with Crippen LogP contribution in [0.4, 0.5) is 5.82 Å². The summed E-state index contributed by atoms with van der Waals surface area (Å²) in [4.78, 5) is 0. The molecule has 0 spiro atoms. The van der Waals surface area contributed by atoms with Crippen molar-refractivity contribution in [1.29, 1.82) is 0 Å². The molecule has 0 saturated carbocycles. The highest BCUT2D eigenvalue weighted by atomic mass is 127. The molecule has 2 N–H and O–H groups in total. The van der Waals surface area contributed by atoms with Crippen molar-refractivity contribution >= 4 is 28.4 Å². The van der Waals surface area contributed by atoms with E-state index in [4.69, 9.17) is 5.73 Å². The molecule has 0 amide bonds. The molecule has 1 heterocycles. The molecule has 0 atom stereocenters. The molecule has 0 aliphatic carbocycles. The van der Waals surface area contributed by atoms with Crippen LogP contribution in [0.15, 0.2) is 24.3 Å². The minimum Gasteiger partial charge on any atom is -0.381 e. The number of benzene rings is 1. The number of rotatable bonds is 1. The van der Waals surface area contributed by atoms with Crippen LogP contribution in [0.2, 0.25) is 0 Å². The average Bonchev–Trinajstić information content (AvgIpc) is 2.50. The Morgan fingerprint density at radius 1 is 1.29 bits per heavy atom. The van der Waals surface area contributed by atoms with Crippen LogP contribution in [-0.4, -0.2) is 15.0 Å². The Morgan fingerprint density at radius 3 is 2.43 bits per heavy atom. The van der Waals surface area contributed by atoms with Gasteiger partial charge in [-0.25, -0.2) is 4.68 Å².